The lowest BCUT2D eigenvalue weighted by Gasteiger charge is -2.23. The highest BCUT2D eigenvalue weighted by atomic mass is 79.9. The average Bonchev–Trinajstić information content (AvgIpc) is 2.67. The largest absolute Gasteiger partial charge is 0.482 e. The van der Waals surface area contributed by atoms with Crippen LogP contribution in [-0.4, -0.2) is 12.6 Å². The van der Waals surface area contributed by atoms with Crippen molar-refractivity contribution < 1.29 is 14.3 Å². The fourth-order valence-corrected chi connectivity index (χ4v) is 3.33. The Bertz CT molecular complexity index is 984. The molecule has 0 atom stereocenters. The van der Waals surface area contributed by atoms with Gasteiger partial charge in [-0.1, -0.05) is 78.7 Å². The van der Waals surface area contributed by atoms with Crippen LogP contribution in [0.1, 0.15) is 31.9 Å². The number of benzene rings is 3. The molecule has 3 nitrogen and oxygen atoms in total. The van der Waals surface area contributed by atoms with E-state index in [2.05, 4.69) is 67.9 Å². The summed E-state index contributed by atoms with van der Waals surface area (Å²) in [5, 5.41) is 0. The maximum absolute atomic E-state index is 12.2. The Morgan fingerprint density at radius 1 is 0.897 bits per heavy atom. The third kappa shape index (κ3) is 5.70. The molecule has 0 radical (unpaired) electrons. The first-order chi connectivity index (χ1) is 13.7. The van der Waals surface area contributed by atoms with Crippen molar-refractivity contribution in [2.75, 3.05) is 6.61 Å². The average molecular weight is 453 g/mol. The van der Waals surface area contributed by atoms with E-state index < -0.39 is 5.97 Å². The Hall–Kier alpha value is -2.59. The molecule has 3 rings (SSSR count). The summed E-state index contributed by atoms with van der Waals surface area (Å²) in [6, 6.07) is 21.6. The molecule has 0 heterocycles. The number of ether oxygens (including phenoxy) is 2. The van der Waals surface area contributed by atoms with Crippen LogP contribution in [0.5, 0.6) is 11.5 Å². The molecule has 0 fully saturated rings. The second kappa shape index (κ2) is 8.83. The molecular weight excluding hydrogens is 428 g/mol. The maximum atomic E-state index is 12.2. The zero-order valence-electron chi connectivity index (χ0n) is 17.2. The minimum Gasteiger partial charge on any atom is -0.482 e. The van der Waals surface area contributed by atoms with Crippen molar-refractivity contribution >= 4 is 21.9 Å². The first-order valence-corrected chi connectivity index (χ1v) is 10.3. The van der Waals surface area contributed by atoms with Crippen LogP contribution in [0, 0.1) is 6.92 Å². The molecule has 29 heavy (non-hydrogen) atoms. The van der Waals surface area contributed by atoms with E-state index in [1.807, 2.05) is 30.3 Å². The predicted octanol–water partition coefficient (Wildman–Crippen LogP) is 6.71. The highest BCUT2D eigenvalue weighted by molar-refractivity contribution is 9.10. The van der Waals surface area contributed by atoms with Gasteiger partial charge in [0.2, 0.25) is 0 Å². The van der Waals surface area contributed by atoms with Crippen LogP contribution in [0.2, 0.25) is 0 Å². The Kier molecular flexibility index (Phi) is 6.43. The van der Waals surface area contributed by atoms with Gasteiger partial charge in [0.05, 0.1) is 0 Å². The van der Waals surface area contributed by atoms with Crippen molar-refractivity contribution in [3.05, 3.63) is 82.3 Å². The molecule has 0 spiro atoms. The third-order valence-corrected chi connectivity index (χ3v) is 5.06. The summed E-state index contributed by atoms with van der Waals surface area (Å²) in [4.78, 5) is 12.2. The van der Waals surface area contributed by atoms with Gasteiger partial charge in [-0.25, -0.2) is 4.79 Å². The quantitative estimate of drug-likeness (QED) is 0.318. The minimum absolute atomic E-state index is 0.102. The molecule has 3 aromatic rings. The summed E-state index contributed by atoms with van der Waals surface area (Å²) in [5.41, 5.74) is 4.35. The van der Waals surface area contributed by atoms with Crippen molar-refractivity contribution in [2.45, 2.75) is 33.1 Å². The van der Waals surface area contributed by atoms with Gasteiger partial charge in [-0.15, -0.1) is 0 Å². The Balaban J connectivity index is 1.62. The highest BCUT2D eigenvalue weighted by Gasteiger charge is 2.20. The standard InChI is InChI=1S/C25H25BrO3/c1-17-5-7-18(8-6-17)19-9-12-21(13-10-19)29-24(27)16-28-23-14-11-20(26)15-22(23)25(2,3)4/h5-15H,16H2,1-4H3. The number of rotatable bonds is 5. The van der Waals surface area contributed by atoms with Crippen molar-refractivity contribution in [3.63, 3.8) is 0 Å². The molecule has 3 aromatic carbocycles. The van der Waals surface area contributed by atoms with Gasteiger partial charge < -0.3 is 9.47 Å². The van der Waals surface area contributed by atoms with Gasteiger partial charge in [0.15, 0.2) is 6.61 Å². The zero-order valence-corrected chi connectivity index (χ0v) is 18.7. The summed E-state index contributed by atoms with van der Waals surface area (Å²) in [6.07, 6.45) is 0. The van der Waals surface area contributed by atoms with E-state index in [0.717, 1.165) is 21.2 Å². The van der Waals surface area contributed by atoms with Gasteiger partial charge >= 0.3 is 5.97 Å². The molecule has 0 aliphatic carbocycles. The normalized spacial score (nSPS) is 11.2. The number of esters is 1. The Labute approximate surface area is 180 Å². The monoisotopic (exact) mass is 452 g/mol. The smallest absolute Gasteiger partial charge is 0.349 e. The number of hydrogen-bond donors (Lipinski definition) is 0. The summed E-state index contributed by atoms with van der Waals surface area (Å²) in [7, 11) is 0. The maximum Gasteiger partial charge on any atom is 0.349 e. The fourth-order valence-electron chi connectivity index (χ4n) is 2.97. The van der Waals surface area contributed by atoms with Gasteiger partial charge in [0.1, 0.15) is 11.5 Å². The fraction of sp³-hybridized carbons (Fsp3) is 0.240. The Morgan fingerprint density at radius 2 is 1.48 bits per heavy atom. The molecule has 0 aliphatic rings. The number of carbonyl (C=O) groups excluding carboxylic acids is 1. The summed E-state index contributed by atoms with van der Waals surface area (Å²) in [6.45, 7) is 8.23. The Morgan fingerprint density at radius 3 is 2.07 bits per heavy atom. The summed E-state index contributed by atoms with van der Waals surface area (Å²) < 4.78 is 12.2. The van der Waals surface area contributed by atoms with Crippen LogP contribution in [-0.2, 0) is 10.2 Å². The zero-order chi connectivity index (χ0) is 21.0. The van der Waals surface area contributed by atoms with Gasteiger partial charge in [0.25, 0.3) is 0 Å². The van der Waals surface area contributed by atoms with E-state index in [0.29, 0.717) is 11.5 Å². The van der Waals surface area contributed by atoms with Crippen LogP contribution in [0.25, 0.3) is 11.1 Å². The second-order valence-corrected chi connectivity index (χ2v) is 8.96. The lowest BCUT2D eigenvalue weighted by Crippen LogP contribution is -2.20. The lowest BCUT2D eigenvalue weighted by molar-refractivity contribution is -0.136. The molecule has 0 bridgehead atoms. The molecule has 150 valence electrons. The highest BCUT2D eigenvalue weighted by Crippen LogP contribution is 2.33. The van der Waals surface area contributed by atoms with Gasteiger partial charge in [-0.2, -0.15) is 0 Å². The number of hydrogen-bond acceptors (Lipinski definition) is 3. The van der Waals surface area contributed by atoms with E-state index in [9.17, 15) is 4.79 Å². The molecule has 4 heteroatoms. The van der Waals surface area contributed by atoms with Crippen molar-refractivity contribution in [1.29, 1.82) is 0 Å². The molecule has 0 unspecified atom stereocenters. The molecule has 0 amide bonds. The first kappa shape index (κ1) is 21.1. The van der Waals surface area contributed by atoms with E-state index in [-0.39, 0.29) is 12.0 Å². The summed E-state index contributed by atoms with van der Waals surface area (Å²) >= 11 is 3.49. The molecule has 0 N–H and O–H groups in total. The first-order valence-electron chi connectivity index (χ1n) is 9.53. The van der Waals surface area contributed by atoms with Crippen LogP contribution < -0.4 is 9.47 Å². The van der Waals surface area contributed by atoms with Gasteiger partial charge in [-0.3, -0.25) is 0 Å². The molecule has 0 aromatic heterocycles. The van der Waals surface area contributed by atoms with Gasteiger partial charge in [0, 0.05) is 10.0 Å². The van der Waals surface area contributed by atoms with Crippen LogP contribution in [0.4, 0.5) is 0 Å². The predicted molar refractivity (Wildman–Crippen MR) is 121 cm³/mol. The minimum atomic E-state index is -0.434. The number of halogens is 1. The SMILES string of the molecule is Cc1ccc(-c2ccc(OC(=O)COc3ccc(Br)cc3C(C)(C)C)cc2)cc1. The molecule has 0 saturated heterocycles. The van der Waals surface area contributed by atoms with Crippen molar-refractivity contribution in [3.8, 4) is 22.6 Å². The van der Waals surface area contributed by atoms with Crippen LogP contribution in [0.3, 0.4) is 0 Å². The van der Waals surface area contributed by atoms with Crippen LogP contribution >= 0.6 is 15.9 Å². The molecule has 0 aliphatic heterocycles. The van der Waals surface area contributed by atoms with E-state index in [1.165, 1.54) is 5.56 Å². The third-order valence-electron chi connectivity index (χ3n) is 4.57. The van der Waals surface area contributed by atoms with Crippen molar-refractivity contribution in [1.82, 2.24) is 0 Å². The van der Waals surface area contributed by atoms with Gasteiger partial charge in [-0.05, 0) is 53.8 Å². The van der Waals surface area contributed by atoms with E-state index >= 15 is 0 Å². The van der Waals surface area contributed by atoms with E-state index in [1.54, 1.807) is 12.1 Å². The molecular formula is C25H25BrO3. The second-order valence-electron chi connectivity index (χ2n) is 8.04. The number of aryl methyl sites for hydroxylation is 1. The van der Waals surface area contributed by atoms with Crippen molar-refractivity contribution in [2.24, 2.45) is 0 Å². The lowest BCUT2D eigenvalue weighted by atomic mass is 9.86. The number of carbonyl (C=O) groups is 1. The van der Waals surface area contributed by atoms with Crippen LogP contribution in [0.15, 0.2) is 71.2 Å². The van der Waals surface area contributed by atoms with E-state index in [4.69, 9.17) is 9.47 Å². The topological polar surface area (TPSA) is 35.5 Å². The summed E-state index contributed by atoms with van der Waals surface area (Å²) in [5.74, 6) is 0.754. The molecule has 0 saturated carbocycles.